The molecule has 1 aromatic carbocycles. The molecule has 7 heteroatoms. The van der Waals surface area contributed by atoms with Gasteiger partial charge in [0.2, 0.25) is 0 Å². The second-order valence-corrected chi connectivity index (χ2v) is 4.92. The van der Waals surface area contributed by atoms with Crippen LogP contribution < -0.4 is 14.8 Å². The third-order valence-corrected chi connectivity index (χ3v) is 2.99. The van der Waals surface area contributed by atoms with E-state index in [4.69, 9.17) is 5.73 Å². The molecule has 0 saturated carbocycles. The van der Waals surface area contributed by atoms with Gasteiger partial charge in [0.05, 0.1) is 0 Å². The summed E-state index contributed by atoms with van der Waals surface area (Å²) in [6.45, 7) is 1.50. The molecule has 1 aliphatic heterocycles. The van der Waals surface area contributed by atoms with Gasteiger partial charge in [-0.2, -0.15) is 8.42 Å². The third kappa shape index (κ3) is 3.31. The van der Waals surface area contributed by atoms with Gasteiger partial charge in [0, 0.05) is 30.9 Å². The monoisotopic (exact) mass is 260 g/mol. The molecular weight excluding hydrogens is 247 g/mol. The van der Waals surface area contributed by atoms with Crippen molar-refractivity contribution in [2.75, 3.05) is 18.0 Å². The smallest absolute Gasteiger partial charge is 0.370 e. The fourth-order valence-corrected chi connectivity index (χ4v) is 2.20. The molecule has 0 bridgehead atoms. The Morgan fingerprint density at radius 2 is 2.24 bits per heavy atom. The molecule has 94 valence electrons. The van der Waals surface area contributed by atoms with Crippen molar-refractivity contribution in [2.45, 2.75) is 12.5 Å². The number of halogens is 1. The van der Waals surface area contributed by atoms with Crippen LogP contribution in [0.1, 0.15) is 6.42 Å². The number of hydrogen-bond donors (Lipinski definition) is 1. The van der Waals surface area contributed by atoms with E-state index in [0.717, 1.165) is 18.7 Å². The molecule has 0 aliphatic carbocycles. The average Bonchev–Trinajstić information content (AvgIpc) is 2.63. The standard InChI is InChI=1S/C10H13FN2O3S/c11-17(14,15)16-10-3-1-2-9(6-10)13-5-4-8(12)7-13/h1-3,6,8H,4-5,7,12H2/t8-/m0/s1. The molecule has 1 atom stereocenters. The second-order valence-electron chi connectivity index (χ2n) is 3.97. The highest BCUT2D eigenvalue weighted by molar-refractivity contribution is 7.81. The minimum absolute atomic E-state index is 0.0366. The first kappa shape index (κ1) is 12.1. The minimum Gasteiger partial charge on any atom is -0.370 e. The van der Waals surface area contributed by atoms with Crippen LogP contribution in [0, 0.1) is 0 Å². The maximum absolute atomic E-state index is 12.4. The molecule has 1 saturated heterocycles. The van der Waals surface area contributed by atoms with Crippen LogP contribution in [-0.2, 0) is 10.5 Å². The summed E-state index contributed by atoms with van der Waals surface area (Å²) in [7, 11) is -4.97. The number of benzene rings is 1. The molecule has 2 rings (SSSR count). The second kappa shape index (κ2) is 4.50. The van der Waals surface area contributed by atoms with Crippen molar-refractivity contribution in [2.24, 2.45) is 5.73 Å². The topological polar surface area (TPSA) is 72.6 Å². The van der Waals surface area contributed by atoms with Crippen LogP contribution >= 0.6 is 0 Å². The first-order valence-corrected chi connectivity index (χ1v) is 6.49. The van der Waals surface area contributed by atoms with Gasteiger partial charge in [-0.1, -0.05) is 9.95 Å². The van der Waals surface area contributed by atoms with Crippen molar-refractivity contribution in [1.82, 2.24) is 0 Å². The van der Waals surface area contributed by atoms with Crippen molar-refractivity contribution < 1.29 is 16.5 Å². The van der Waals surface area contributed by atoms with Crippen LogP contribution in [0.5, 0.6) is 5.75 Å². The van der Waals surface area contributed by atoms with Gasteiger partial charge in [-0.3, -0.25) is 0 Å². The molecule has 5 nitrogen and oxygen atoms in total. The number of nitrogens with two attached hydrogens (primary N) is 1. The highest BCUT2D eigenvalue weighted by atomic mass is 32.3. The Kier molecular flexibility index (Phi) is 3.21. The molecule has 0 radical (unpaired) electrons. The summed E-state index contributed by atoms with van der Waals surface area (Å²) >= 11 is 0. The van der Waals surface area contributed by atoms with E-state index in [0.29, 0.717) is 6.54 Å². The molecule has 1 aliphatic rings. The van der Waals surface area contributed by atoms with Crippen LogP contribution in [0.15, 0.2) is 24.3 Å². The Hall–Kier alpha value is -1.34. The van der Waals surface area contributed by atoms with Gasteiger partial charge in [-0.15, -0.1) is 0 Å². The van der Waals surface area contributed by atoms with Gasteiger partial charge in [-0.25, -0.2) is 0 Å². The van der Waals surface area contributed by atoms with Gasteiger partial charge in [0.15, 0.2) is 0 Å². The fourth-order valence-electron chi connectivity index (χ4n) is 1.87. The van der Waals surface area contributed by atoms with Gasteiger partial charge in [0.1, 0.15) is 5.75 Å². The molecule has 0 spiro atoms. The lowest BCUT2D eigenvalue weighted by atomic mass is 10.3. The highest BCUT2D eigenvalue weighted by Crippen LogP contribution is 2.25. The maximum atomic E-state index is 12.4. The summed E-state index contributed by atoms with van der Waals surface area (Å²) in [5, 5.41) is 0. The maximum Gasteiger partial charge on any atom is 0.488 e. The fraction of sp³-hybridized carbons (Fsp3) is 0.400. The van der Waals surface area contributed by atoms with E-state index >= 15 is 0 Å². The average molecular weight is 260 g/mol. The Balaban J connectivity index is 2.17. The van der Waals surface area contributed by atoms with E-state index in [9.17, 15) is 12.3 Å². The summed E-state index contributed by atoms with van der Waals surface area (Å²) in [6, 6.07) is 6.39. The number of hydrogen-bond acceptors (Lipinski definition) is 5. The molecule has 1 fully saturated rings. The summed E-state index contributed by atoms with van der Waals surface area (Å²) in [4.78, 5) is 2.00. The molecule has 0 unspecified atom stereocenters. The zero-order valence-corrected chi connectivity index (χ0v) is 9.86. The molecule has 1 heterocycles. The van der Waals surface area contributed by atoms with Gasteiger partial charge in [0.25, 0.3) is 0 Å². The number of rotatable bonds is 3. The lowest BCUT2D eigenvalue weighted by Crippen LogP contribution is -2.26. The summed E-state index contributed by atoms with van der Waals surface area (Å²) in [6.07, 6.45) is 0.881. The minimum atomic E-state index is -4.97. The normalized spacial score (nSPS) is 20.6. The van der Waals surface area contributed by atoms with Crippen molar-refractivity contribution in [3.05, 3.63) is 24.3 Å². The zero-order valence-electron chi connectivity index (χ0n) is 9.04. The van der Waals surface area contributed by atoms with E-state index in [1.54, 1.807) is 12.1 Å². The zero-order chi connectivity index (χ0) is 12.5. The quantitative estimate of drug-likeness (QED) is 0.814. The predicted molar refractivity (Wildman–Crippen MR) is 61.9 cm³/mol. The van der Waals surface area contributed by atoms with Crippen molar-refractivity contribution in [3.63, 3.8) is 0 Å². The summed E-state index contributed by atoms with van der Waals surface area (Å²) in [5.41, 5.74) is 6.55. The number of nitrogens with zero attached hydrogens (tertiary/aromatic N) is 1. The molecule has 1 aromatic rings. The number of anilines is 1. The third-order valence-electron chi connectivity index (χ3n) is 2.60. The molecule has 2 N–H and O–H groups in total. The molecular formula is C10H13FN2O3S. The molecule has 17 heavy (non-hydrogen) atoms. The summed E-state index contributed by atoms with van der Waals surface area (Å²) in [5.74, 6) is -0.0366. The predicted octanol–water partition coefficient (Wildman–Crippen LogP) is 0.817. The first-order chi connectivity index (χ1) is 7.94. The van der Waals surface area contributed by atoms with E-state index in [1.165, 1.54) is 12.1 Å². The van der Waals surface area contributed by atoms with Crippen LogP contribution in [-0.4, -0.2) is 27.5 Å². The highest BCUT2D eigenvalue weighted by Gasteiger charge is 2.20. The summed E-state index contributed by atoms with van der Waals surface area (Å²) < 4.78 is 37.3. The van der Waals surface area contributed by atoms with Gasteiger partial charge < -0.3 is 14.8 Å². The molecule has 0 amide bonds. The molecule has 0 aromatic heterocycles. The Labute approximate surface area is 99.4 Å². The van der Waals surface area contributed by atoms with Crippen molar-refractivity contribution in [3.8, 4) is 5.75 Å². The van der Waals surface area contributed by atoms with Crippen LogP contribution in [0.3, 0.4) is 0 Å². The Bertz CT molecular complexity index is 506. The van der Waals surface area contributed by atoms with Crippen molar-refractivity contribution >= 4 is 16.2 Å². The lowest BCUT2D eigenvalue weighted by Gasteiger charge is -2.18. The Morgan fingerprint density at radius 3 is 2.82 bits per heavy atom. The SMILES string of the molecule is N[C@H]1CCN(c2cccc(OS(=O)(=O)F)c2)C1. The van der Waals surface area contributed by atoms with Crippen LogP contribution in [0.25, 0.3) is 0 Å². The lowest BCUT2D eigenvalue weighted by molar-refractivity contribution is 0.440. The van der Waals surface area contributed by atoms with Gasteiger partial charge >= 0.3 is 10.5 Å². The largest absolute Gasteiger partial charge is 0.488 e. The van der Waals surface area contributed by atoms with E-state index in [2.05, 4.69) is 4.18 Å². The van der Waals surface area contributed by atoms with E-state index in [1.807, 2.05) is 4.90 Å². The van der Waals surface area contributed by atoms with Gasteiger partial charge in [-0.05, 0) is 18.6 Å². The van der Waals surface area contributed by atoms with Crippen LogP contribution in [0.2, 0.25) is 0 Å². The van der Waals surface area contributed by atoms with E-state index < -0.39 is 10.5 Å². The van der Waals surface area contributed by atoms with Crippen LogP contribution in [0.4, 0.5) is 9.57 Å². The van der Waals surface area contributed by atoms with E-state index in [-0.39, 0.29) is 11.8 Å². The Morgan fingerprint density at radius 1 is 1.47 bits per heavy atom. The first-order valence-electron chi connectivity index (χ1n) is 5.19. The van der Waals surface area contributed by atoms with Crippen molar-refractivity contribution in [1.29, 1.82) is 0 Å².